The zero-order valence-electron chi connectivity index (χ0n) is 27.8. The largest absolute Gasteiger partial charge is 0.444 e. The Balaban J connectivity index is 2.71. The fourth-order valence-corrected chi connectivity index (χ4v) is 5.23. The standard InChI is InChI=1S/C35H53N3O4/c1-21(2)16-17-27(9)38(33(40)29(22(3)4)37-34(41)42-35(10,11)12)31(28-19-23(5)18-24(6)20-28)32(39)36-30-25(7)14-13-15-26(30)8/h13-15,18-22,27,29,31H,16-17H2,1-12H3,(H,36,39)(H,37,41). The molecule has 7 heteroatoms. The summed E-state index contributed by atoms with van der Waals surface area (Å²) in [6.45, 7) is 23.3. The summed E-state index contributed by atoms with van der Waals surface area (Å²) in [5.74, 6) is -0.422. The second kappa shape index (κ2) is 14.7. The van der Waals surface area contributed by atoms with Gasteiger partial charge < -0.3 is 20.3 Å². The third-order valence-electron chi connectivity index (χ3n) is 7.31. The molecule has 3 atom stereocenters. The van der Waals surface area contributed by atoms with Gasteiger partial charge in [-0.25, -0.2) is 4.79 Å². The minimum atomic E-state index is -0.918. The Hall–Kier alpha value is -3.35. The number of alkyl carbamates (subject to hydrolysis) is 1. The van der Waals surface area contributed by atoms with Crippen molar-refractivity contribution >= 4 is 23.6 Å². The maximum Gasteiger partial charge on any atom is 0.408 e. The highest BCUT2D eigenvalue weighted by atomic mass is 16.6. The maximum absolute atomic E-state index is 14.6. The number of hydrogen-bond acceptors (Lipinski definition) is 4. The van der Waals surface area contributed by atoms with Crippen molar-refractivity contribution in [2.45, 2.75) is 120 Å². The minimum Gasteiger partial charge on any atom is -0.444 e. The van der Waals surface area contributed by atoms with Crippen LogP contribution < -0.4 is 10.6 Å². The van der Waals surface area contributed by atoms with Crippen LogP contribution in [0.3, 0.4) is 0 Å². The summed E-state index contributed by atoms with van der Waals surface area (Å²) in [7, 11) is 0. The Bertz CT molecular complexity index is 1200. The molecule has 0 aromatic heterocycles. The van der Waals surface area contributed by atoms with E-state index in [9.17, 15) is 14.4 Å². The lowest BCUT2D eigenvalue weighted by Crippen LogP contribution is -2.56. The van der Waals surface area contributed by atoms with E-state index in [1.54, 1.807) is 25.7 Å². The van der Waals surface area contributed by atoms with Crippen LogP contribution in [0.15, 0.2) is 36.4 Å². The number of para-hydroxylation sites is 1. The van der Waals surface area contributed by atoms with Crippen molar-refractivity contribution in [1.29, 1.82) is 0 Å². The van der Waals surface area contributed by atoms with Crippen LogP contribution >= 0.6 is 0 Å². The first-order chi connectivity index (χ1) is 19.4. The van der Waals surface area contributed by atoms with Crippen molar-refractivity contribution < 1.29 is 19.1 Å². The number of anilines is 1. The van der Waals surface area contributed by atoms with Crippen LogP contribution in [-0.4, -0.2) is 40.5 Å². The molecule has 0 saturated carbocycles. The van der Waals surface area contributed by atoms with Gasteiger partial charge in [-0.05, 0) is 96.8 Å². The molecule has 0 radical (unpaired) electrons. The van der Waals surface area contributed by atoms with Gasteiger partial charge >= 0.3 is 6.09 Å². The van der Waals surface area contributed by atoms with Crippen molar-refractivity contribution in [2.24, 2.45) is 11.8 Å². The van der Waals surface area contributed by atoms with Crippen LogP contribution in [0.2, 0.25) is 0 Å². The first-order valence-corrected chi connectivity index (χ1v) is 15.2. The third kappa shape index (κ3) is 9.88. The molecule has 3 amide bonds. The Morgan fingerprint density at radius 1 is 0.857 bits per heavy atom. The number of aryl methyl sites for hydroxylation is 4. The first-order valence-electron chi connectivity index (χ1n) is 15.2. The molecule has 0 bridgehead atoms. The molecule has 7 nitrogen and oxygen atoms in total. The Morgan fingerprint density at radius 3 is 1.88 bits per heavy atom. The molecular weight excluding hydrogens is 526 g/mol. The highest BCUT2D eigenvalue weighted by molar-refractivity contribution is 6.00. The monoisotopic (exact) mass is 579 g/mol. The molecule has 0 aliphatic carbocycles. The SMILES string of the molecule is Cc1cc(C)cc(C(C(=O)Nc2c(C)cccc2C)N(C(=O)C(NC(=O)OC(C)(C)C)C(C)C)C(C)CCC(C)C)c1. The lowest BCUT2D eigenvalue weighted by molar-refractivity contribution is -0.144. The van der Waals surface area contributed by atoms with Crippen molar-refractivity contribution in [1.82, 2.24) is 10.2 Å². The highest BCUT2D eigenvalue weighted by Crippen LogP contribution is 2.32. The summed E-state index contributed by atoms with van der Waals surface area (Å²) in [6, 6.07) is 9.80. The number of nitrogens with one attached hydrogen (secondary N) is 2. The van der Waals surface area contributed by atoms with Crippen LogP contribution in [0, 0.1) is 39.5 Å². The molecule has 0 heterocycles. The van der Waals surface area contributed by atoms with E-state index in [-0.39, 0.29) is 23.8 Å². The summed E-state index contributed by atoms with van der Waals surface area (Å²) < 4.78 is 5.52. The third-order valence-corrected chi connectivity index (χ3v) is 7.31. The Labute approximate surface area is 253 Å². The van der Waals surface area contributed by atoms with Gasteiger partial charge in [0.1, 0.15) is 17.7 Å². The van der Waals surface area contributed by atoms with Gasteiger partial charge in [0.05, 0.1) is 0 Å². The van der Waals surface area contributed by atoms with Gasteiger partial charge in [0.2, 0.25) is 5.91 Å². The van der Waals surface area contributed by atoms with E-state index >= 15 is 0 Å². The average molecular weight is 580 g/mol. The predicted octanol–water partition coefficient (Wildman–Crippen LogP) is 7.80. The second-order valence-corrected chi connectivity index (χ2v) is 13.5. The van der Waals surface area contributed by atoms with Crippen LogP contribution in [0.4, 0.5) is 10.5 Å². The van der Waals surface area contributed by atoms with E-state index in [0.29, 0.717) is 12.3 Å². The lowest BCUT2D eigenvalue weighted by Gasteiger charge is -2.40. The number of benzene rings is 2. The van der Waals surface area contributed by atoms with Gasteiger partial charge in [0.15, 0.2) is 0 Å². The molecule has 0 saturated heterocycles. The molecule has 42 heavy (non-hydrogen) atoms. The van der Waals surface area contributed by atoms with Crippen LogP contribution in [-0.2, 0) is 14.3 Å². The number of ether oxygens (including phenoxy) is 1. The molecule has 0 aliphatic heterocycles. The molecule has 0 spiro atoms. The van der Waals surface area contributed by atoms with E-state index < -0.39 is 23.8 Å². The van der Waals surface area contributed by atoms with E-state index in [4.69, 9.17) is 4.74 Å². The lowest BCUT2D eigenvalue weighted by atomic mass is 9.93. The van der Waals surface area contributed by atoms with Gasteiger partial charge in [0.25, 0.3) is 5.91 Å². The Kier molecular flexibility index (Phi) is 12.2. The number of amides is 3. The number of carbonyl (C=O) groups excluding carboxylic acids is 3. The molecule has 2 aromatic carbocycles. The van der Waals surface area contributed by atoms with Crippen molar-refractivity contribution in [3.63, 3.8) is 0 Å². The van der Waals surface area contributed by atoms with Gasteiger partial charge in [-0.1, -0.05) is 75.2 Å². The number of hydrogen-bond donors (Lipinski definition) is 2. The molecule has 0 fully saturated rings. The van der Waals surface area contributed by atoms with Crippen LogP contribution in [0.1, 0.15) is 102 Å². The first kappa shape index (κ1) is 34.8. The van der Waals surface area contributed by atoms with E-state index in [0.717, 1.165) is 39.9 Å². The minimum absolute atomic E-state index is 0.244. The van der Waals surface area contributed by atoms with Crippen molar-refractivity contribution in [2.75, 3.05) is 5.32 Å². The number of nitrogens with zero attached hydrogens (tertiary/aromatic N) is 1. The summed E-state index contributed by atoms with van der Waals surface area (Å²) in [6.07, 6.45) is 0.931. The van der Waals surface area contributed by atoms with Crippen LogP contribution in [0.5, 0.6) is 0 Å². The fourth-order valence-electron chi connectivity index (χ4n) is 5.23. The van der Waals surface area contributed by atoms with Gasteiger partial charge in [-0.3, -0.25) is 9.59 Å². The van der Waals surface area contributed by atoms with E-state index in [1.165, 1.54) is 0 Å². The fraction of sp³-hybridized carbons (Fsp3) is 0.571. The smallest absolute Gasteiger partial charge is 0.408 e. The second-order valence-electron chi connectivity index (χ2n) is 13.5. The molecule has 2 N–H and O–H groups in total. The molecule has 3 unspecified atom stereocenters. The summed E-state index contributed by atoms with van der Waals surface area (Å²) in [5.41, 5.74) is 4.66. The predicted molar refractivity (Wildman–Crippen MR) is 172 cm³/mol. The normalized spacial score (nSPS) is 13.9. The van der Waals surface area contributed by atoms with Gasteiger partial charge in [0, 0.05) is 11.7 Å². The number of rotatable bonds is 11. The van der Waals surface area contributed by atoms with E-state index in [2.05, 4.69) is 30.5 Å². The van der Waals surface area contributed by atoms with Gasteiger partial charge in [-0.2, -0.15) is 0 Å². The van der Waals surface area contributed by atoms with Crippen molar-refractivity contribution in [3.8, 4) is 0 Å². The molecule has 2 rings (SSSR count). The zero-order chi connectivity index (χ0) is 31.9. The average Bonchev–Trinajstić information content (AvgIpc) is 2.84. The molecule has 0 aliphatic rings. The van der Waals surface area contributed by atoms with Crippen molar-refractivity contribution in [3.05, 3.63) is 64.2 Å². The van der Waals surface area contributed by atoms with Crippen LogP contribution in [0.25, 0.3) is 0 Å². The Morgan fingerprint density at radius 2 is 1.40 bits per heavy atom. The highest BCUT2D eigenvalue weighted by Gasteiger charge is 2.40. The zero-order valence-corrected chi connectivity index (χ0v) is 27.8. The van der Waals surface area contributed by atoms with Gasteiger partial charge in [-0.15, -0.1) is 0 Å². The molecule has 2 aromatic rings. The van der Waals surface area contributed by atoms with E-state index in [1.807, 2.05) is 78.8 Å². The number of carbonyl (C=O) groups is 3. The summed E-state index contributed by atoms with van der Waals surface area (Å²) in [5, 5.41) is 5.99. The summed E-state index contributed by atoms with van der Waals surface area (Å²) in [4.78, 5) is 43.6. The molecular formula is C35H53N3O4. The summed E-state index contributed by atoms with van der Waals surface area (Å²) >= 11 is 0. The quantitative estimate of drug-likeness (QED) is 0.284. The maximum atomic E-state index is 14.6. The topological polar surface area (TPSA) is 87.7 Å². The molecule has 232 valence electrons.